The van der Waals surface area contributed by atoms with Gasteiger partial charge in [0.15, 0.2) is 0 Å². The van der Waals surface area contributed by atoms with Crippen LogP contribution in [0.25, 0.3) is 0 Å². The number of nitrogens with one attached hydrogen (secondary N) is 1. The molecule has 3 fully saturated rings. The number of likely N-dealkylation sites (tertiary alicyclic amines) is 1. The van der Waals surface area contributed by atoms with Crippen LogP contribution in [-0.4, -0.2) is 63.9 Å². The highest BCUT2D eigenvalue weighted by Gasteiger charge is 2.52. The molecule has 1 unspecified atom stereocenters. The summed E-state index contributed by atoms with van der Waals surface area (Å²) in [6, 6.07) is -0.517. The van der Waals surface area contributed by atoms with Crippen LogP contribution >= 0.6 is 0 Å². The summed E-state index contributed by atoms with van der Waals surface area (Å²) in [7, 11) is 0. The second-order valence-corrected chi connectivity index (χ2v) is 6.63. The van der Waals surface area contributed by atoms with Gasteiger partial charge in [-0.3, -0.25) is 19.3 Å². The third-order valence-electron chi connectivity index (χ3n) is 5.12. The first-order valence-electron chi connectivity index (χ1n) is 8.08. The molecule has 0 aromatic carbocycles. The number of piperidine rings is 1. The van der Waals surface area contributed by atoms with Crippen molar-refractivity contribution in [2.75, 3.05) is 19.6 Å². The lowest BCUT2D eigenvalue weighted by Gasteiger charge is -2.31. The van der Waals surface area contributed by atoms with Crippen LogP contribution in [0.4, 0.5) is 4.79 Å². The highest BCUT2D eigenvalue weighted by atomic mass is 16.4. The zero-order valence-electron chi connectivity index (χ0n) is 12.9. The molecule has 0 aromatic rings. The van der Waals surface area contributed by atoms with Gasteiger partial charge in [-0.2, -0.15) is 0 Å². The highest BCUT2D eigenvalue weighted by molar-refractivity contribution is 6.09. The number of imide groups is 1. The first-order chi connectivity index (χ1) is 10.9. The molecule has 0 bridgehead atoms. The van der Waals surface area contributed by atoms with Gasteiger partial charge in [-0.25, -0.2) is 4.79 Å². The van der Waals surface area contributed by atoms with E-state index in [1.54, 1.807) is 0 Å². The maximum atomic E-state index is 12.5. The number of rotatable bonds is 3. The average molecular weight is 323 g/mol. The molecule has 3 aliphatic rings. The van der Waals surface area contributed by atoms with Gasteiger partial charge in [0.1, 0.15) is 12.1 Å². The molecule has 4 amide bonds. The van der Waals surface area contributed by atoms with Crippen LogP contribution in [0.1, 0.15) is 38.5 Å². The number of urea groups is 1. The van der Waals surface area contributed by atoms with Crippen molar-refractivity contribution in [3.63, 3.8) is 0 Å². The minimum absolute atomic E-state index is 0.142. The molecule has 1 saturated carbocycles. The molecular weight excluding hydrogens is 302 g/mol. The van der Waals surface area contributed by atoms with E-state index in [9.17, 15) is 19.2 Å². The van der Waals surface area contributed by atoms with Gasteiger partial charge >= 0.3 is 12.0 Å². The summed E-state index contributed by atoms with van der Waals surface area (Å²) in [6.07, 6.45) is 4.18. The van der Waals surface area contributed by atoms with Gasteiger partial charge in [0, 0.05) is 13.1 Å². The summed E-state index contributed by atoms with van der Waals surface area (Å²) in [4.78, 5) is 50.5. The van der Waals surface area contributed by atoms with Crippen LogP contribution in [0.2, 0.25) is 0 Å². The Morgan fingerprint density at radius 3 is 2.57 bits per heavy atom. The van der Waals surface area contributed by atoms with Crippen molar-refractivity contribution in [2.24, 2.45) is 5.92 Å². The standard InChI is InChI=1S/C15H21N3O5/c19-11(17-7-3-4-10(8-17)12(20)21)9-18-13(22)15(16-14(18)23)5-1-2-6-15/h10H,1-9H2,(H,16,23)(H,20,21). The van der Waals surface area contributed by atoms with Crippen LogP contribution < -0.4 is 5.32 Å². The van der Waals surface area contributed by atoms with Crippen molar-refractivity contribution in [3.8, 4) is 0 Å². The third-order valence-corrected chi connectivity index (χ3v) is 5.12. The van der Waals surface area contributed by atoms with Crippen molar-refractivity contribution in [3.05, 3.63) is 0 Å². The average Bonchev–Trinajstić information content (AvgIpc) is 3.08. The fourth-order valence-corrected chi connectivity index (χ4v) is 3.78. The van der Waals surface area contributed by atoms with Crippen molar-refractivity contribution < 1.29 is 24.3 Å². The van der Waals surface area contributed by atoms with E-state index in [0.29, 0.717) is 32.2 Å². The zero-order chi connectivity index (χ0) is 16.6. The van der Waals surface area contributed by atoms with E-state index >= 15 is 0 Å². The van der Waals surface area contributed by atoms with Gasteiger partial charge in [-0.15, -0.1) is 0 Å². The van der Waals surface area contributed by atoms with E-state index in [4.69, 9.17) is 5.11 Å². The van der Waals surface area contributed by atoms with Crippen molar-refractivity contribution in [1.82, 2.24) is 15.1 Å². The predicted octanol–water partition coefficient (Wildman–Crippen LogP) is 0.174. The monoisotopic (exact) mass is 323 g/mol. The molecule has 23 heavy (non-hydrogen) atoms. The Kier molecular flexibility index (Phi) is 3.99. The van der Waals surface area contributed by atoms with E-state index in [0.717, 1.165) is 17.7 Å². The summed E-state index contributed by atoms with van der Waals surface area (Å²) in [5.41, 5.74) is -0.817. The van der Waals surface area contributed by atoms with E-state index in [-0.39, 0.29) is 24.9 Å². The number of hydrogen-bond acceptors (Lipinski definition) is 4. The van der Waals surface area contributed by atoms with E-state index in [1.807, 2.05) is 0 Å². The number of hydrogen-bond donors (Lipinski definition) is 2. The van der Waals surface area contributed by atoms with Crippen LogP contribution in [-0.2, 0) is 14.4 Å². The summed E-state index contributed by atoms with van der Waals surface area (Å²) in [6.45, 7) is 0.305. The lowest BCUT2D eigenvalue weighted by molar-refractivity contribution is -0.147. The Morgan fingerprint density at radius 1 is 1.22 bits per heavy atom. The fourth-order valence-electron chi connectivity index (χ4n) is 3.78. The van der Waals surface area contributed by atoms with E-state index < -0.39 is 23.5 Å². The normalized spacial score (nSPS) is 26.7. The van der Waals surface area contributed by atoms with Crippen molar-refractivity contribution >= 4 is 23.8 Å². The molecule has 0 radical (unpaired) electrons. The Morgan fingerprint density at radius 2 is 1.91 bits per heavy atom. The van der Waals surface area contributed by atoms with E-state index in [1.165, 1.54) is 4.90 Å². The van der Waals surface area contributed by atoms with Crippen LogP contribution in [0.15, 0.2) is 0 Å². The molecule has 3 rings (SSSR count). The molecule has 8 nitrogen and oxygen atoms in total. The zero-order valence-corrected chi connectivity index (χ0v) is 12.9. The number of carbonyl (C=O) groups excluding carboxylic acids is 3. The predicted molar refractivity (Wildman–Crippen MR) is 78.4 cm³/mol. The molecule has 1 atom stereocenters. The number of carboxylic acid groups (broad SMARTS) is 1. The largest absolute Gasteiger partial charge is 0.481 e. The van der Waals surface area contributed by atoms with Crippen LogP contribution in [0.5, 0.6) is 0 Å². The molecule has 1 aliphatic carbocycles. The van der Waals surface area contributed by atoms with Crippen molar-refractivity contribution in [1.29, 1.82) is 0 Å². The Bertz CT molecular complexity index is 555. The Hall–Kier alpha value is -2.12. The molecule has 0 aromatic heterocycles. The molecule has 1 spiro atoms. The molecule has 2 heterocycles. The van der Waals surface area contributed by atoms with Gasteiger partial charge in [-0.05, 0) is 25.7 Å². The first kappa shape index (κ1) is 15.8. The maximum Gasteiger partial charge on any atom is 0.325 e. The summed E-state index contributed by atoms with van der Waals surface area (Å²) >= 11 is 0. The van der Waals surface area contributed by atoms with Gasteiger partial charge in [-0.1, -0.05) is 12.8 Å². The third kappa shape index (κ3) is 2.77. The highest BCUT2D eigenvalue weighted by Crippen LogP contribution is 2.35. The molecule has 8 heteroatoms. The molecular formula is C15H21N3O5. The smallest absolute Gasteiger partial charge is 0.325 e. The fraction of sp³-hybridized carbons (Fsp3) is 0.733. The Labute approximate surface area is 133 Å². The summed E-state index contributed by atoms with van der Waals surface area (Å²) in [5.74, 6) is -2.17. The molecule has 126 valence electrons. The summed E-state index contributed by atoms with van der Waals surface area (Å²) in [5, 5.41) is 11.8. The number of carboxylic acids is 1. The number of aliphatic carboxylic acids is 1. The molecule has 2 saturated heterocycles. The number of amides is 4. The van der Waals surface area contributed by atoms with E-state index in [2.05, 4.69) is 5.32 Å². The van der Waals surface area contributed by atoms with Crippen molar-refractivity contribution in [2.45, 2.75) is 44.1 Å². The minimum Gasteiger partial charge on any atom is -0.481 e. The SMILES string of the molecule is O=C(O)C1CCCN(C(=O)CN2C(=O)NC3(CCCC3)C2=O)C1. The van der Waals surface area contributed by atoms with Crippen LogP contribution in [0.3, 0.4) is 0 Å². The second kappa shape index (κ2) is 5.82. The molecule has 2 aliphatic heterocycles. The lowest BCUT2D eigenvalue weighted by atomic mass is 9.97. The van der Waals surface area contributed by atoms with Gasteiger partial charge in [0.05, 0.1) is 5.92 Å². The van der Waals surface area contributed by atoms with Gasteiger partial charge in [0.25, 0.3) is 5.91 Å². The number of carbonyl (C=O) groups is 4. The topological polar surface area (TPSA) is 107 Å². The van der Waals surface area contributed by atoms with Gasteiger partial charge in [0.2, 0.25) is 5.91 Å². The quantitative estimate of drug-likeness (QED) is 0.720. The van der Waals surface area contributed by atoms with Crippen LogP contribution in [0, 0.1) is 5.92 Å². The minimum atomic E-state index is -0.914. The number of nitrogens with zero attached hydrogens (tertiary/aromatic N) is 2. The maximum absolute atomic E-state index is 12.5. The Balaban J connectivity index is 1.64. The lowest BCUT2D eigenvalue weighted by Crippen LogP contribution is -2.48. The first-order valence-corrected chi connectivity index (χ1v) is 8.08. The molecule has 2 N–H and O–H groups in total. The second-order valence-electron chi connectivity index (χ2n) is 6.63. The van der Waals surface area contributed by atoms with Gasteiger partial charge < -0.3 is 15.3 Å². The summed E-state index contributed by atoms with van der Waals surface area (Å²) < 4.78 is 0.